The molecule has 1 aromatic heterocycles. The SMILES string of the molecule is C=CCn1c(COc2ccccc2F)nnc1SCC(=O)NCCC. The highest BCUT2D eigenvalue weighted by molar-refractivity contribution is 7.99. The van der Waals surface area contributed by atoms with E-state index in [1.807, 2.05) is 6.92 Å². The fourth-order valence-electron chi connectivity index (χ4n) is 1.99. The van der Waals surface area contributed by atoms with Gasteiger partial charge in [0.2, 0.25) is 5.91 Å². The Morgan fingerprint density at radius 2 is 2.24 bits per heavy atom. The van der Waals surface area contributed by atoms with Crippen LogP contribution in [0.5, 0.6) is 5.75 Å². The number of ether oxygens (including phenoxy) is 1. The minimum Gasteiger partial charge on any atom is -0.483 e. The van der Waals surface area contributed by atoms with Gasteiger partial charge >= 0.3 is 0 Å². The number of halogens is 1. The van der Waals surface area contributed by atoms with Gasteiger partial charge in [0.25, 0.3) is 0 Å². The lowest BCUT2D eigenvalue weighted by Gasteiger charge is -2.09. The molecule has 0 saturated carbocycles. The molecule has 6 nitrogen and oxygen atoms in total. The third-order valence-corrected chi connectivity index (χ3v) is 4.17. The van der Waals surface area contributed by atoms with Crippen molar-refractivity contribution in [2.75, 3.05) is 12.3 Å². The average molecular weight is 364 g/mol. The highest BCUT2D eigenvalue weighted by Gasteiger charge is 2.14. The topological polar surface area (TPSA) is 69.0 Å². The van der Waals surface area contributed by atoms with E-state index in [0.717, 1.165) is 6.42 Å². The van der Waals surface area contributed by atoms with E-state index in [1.54, 1.807) is 28.8 Å². The predicted molar refractivity (Wildman–Crippen MR) is 95.0 cm³/mol. The molecular weight excluding hydrogens is 343 g/mol. The molecule has 1 aromatic carbocycles. The third-order valence-electron chi connectivity index (χ3n) is 3.20. The minimum absolute atomic E-state index is 0.0517. The summed E-state index contributed by atoms with van der Waals surface area (Å²) in [5.41, 5.74) is 0. The van der Waals surface area contributed by atoms with Gasteiger partial charge in [-0.3, -0.25) is 9.36 Å². The Kier molecular flexibility index (Phi) is 7.46. The molecule has 134 valence electrons. The zero-order valence-electron chi connectivity index (χ0n) is 14.1. The van der Waals surface area contributed by atoms with E-state index in [-0.39, 0.29) is 24.0 Å². The van der Waals surface area contributed by atoms with Crippen LogP contribution in [-0.2, 0) is 17.9 Å². The van der Waals surface area contributed by atoms with E-state index >= 15 is 0 Å². The molecule has 0 aliphatic carbocycles. The Bertz CT molecular complexity index is 720. The zero-order chi connectivity index (χ0) is 18.1. The van der Waals surface area contributed by atoms with Gasteiger partial charge < -0.3 is 10.1 Å². The molecule has 0 spiro atoms. The Morgan fingerprint density at radius 3 is 2.96 bits per heavy atom. The summed E-state index contributed by atoms with van der Waals surface area (Å²) < 4.78 is 20.9. The molecule has 0 bridgehead atoms. The van der Waals surface area contributed by atoms with Gasteiger partial charge in [-0.05, 0) is 18.6 Å². The van der Waals surface area contributed by atoms with Crippen LogP contribution in [0.15, 0.2) is 42.1 Å². The fourth-order valence-corrected chi connectivity index (χ4v) is 2.79. The molecule has 0 saturated heterocycles. The molecule has 2 aromatic rings. The van der Waals surface area contributed by atoms with Crippen LogP contribution in [0.2, 0.25) is 0 Å². The summed E-state index contributed by atoms with van der Waals surface area (Å²) in [5, 5.41) is 11.6. The first kappa shape index (κ1) is 19.0. The fraction of sp³-hybridized carbons (Fsp3) is 0.353. The summed E-state index contributed by atoms with van der Waals surface area (Å²) in [6.07, 6.45) is 2.60. The molecular formula is C17H21FN4O2S. The van der Waals surface area contributed by atoms with E-state index in [4.69, 9.17) is 4.74 Å². The molecule has 0 radical (unpaired) electrons. The number of amides is 1. The van der Waals surface area contributed by atoms with Crippen LogP contribution in [0.4, 0.5) is 4.39 Å². The summed E-state index contributed by atoms with van der Waals surface area (Å²) in [6, 6.07) is 6.18. The molecule has 2 rings (SSSR count). The van der Waals surface area contributed by atoms with Crippen molar-refractivity contribution in [2.24, 2.45) is 0 Å². The molecule has 0 unspecified atom stereocenters. The first-order valence-electron chi connectivity index (χ1n) is 7.95. The number of carbonyl (C=O) groups excluding carboxylic acids is 1. The molecule has 0 fully saturated rings. The van der Waals surface area contributed by atoms with Gasteiger partial charge in [0.1, 0.15) is 6.61 Å². The lowest BCUT2D eigenvalue weighted by molar-refractivity contribution is -0.118. The van der Waals surface area contributed by atoms with Crippen LogP contribution in [-0.4, -0.2) is 33.0 Å². The average Bonchev–Trinajstić information content (AvgIpc) is 2.99. The van der Waals surface area contributed by atoms with Crippen LogP contribution in [0.3, 0.4) is 0 Å². The van der Waals surface area contributed by atoms with Crippen molar-refractivity contribution in [1.29, 1.82) is 0 Å². The number of benzene rings is 1. The minimum atomic E-state index is -0.431. The molecule has 0 aliphatic rings. The maximum absolute atomic E-state index is 13.6. The molecule has 1 N–H and O–H groups in total. The van der Waals surface area contributed by atoms with E-state index in [9.17, 15) is 9.18 Å². The lowest BCUT2D eigenvalue weighted by atomic mass is 10.3. The van der Waals surface area contributed by atoms with Crippen molar-refractivity contribution < 1.29 is 13.9 Å². The van der Waals surface area contributed by atoms with Crippen molar-refractivity contribution in [3.05, 3.63) is 48.6 Å². The predicted octanol–water partition coefficient (Wildman–Crippen LogP) is 2.80. The largest absolute Gasteiger partial charge is 0.483 e. The summed E-state index contributed by atoms with van der Waals surface area (Å²) in [4.78, 5) is 11.7. The molecule has 1 heterocycles. The quantitative estimate of drug-likeness (QED) is 0.519. The van der Waals surface area contributed by atoms with Gasteiger partial charge in [-0.2, -0.15) is 0 Å². The monoisotopic (exact) mass is 364 g/mol. The first-order valence-corrected chi connectivity index (χ1v) is 8.94. The summed E-state index contributed by atoms with van der Waals surface area (Å²) in [7, 11) is 0. The Morgan fingerprint density at radius 1 is 1.44 bits per heavy atom. The molecule has 25 heavy (non-hydrogen) atoms. The van der Waals surface area contributed by atoms with Crippen LogP contribution >= 0.6 is 11.8 Å². The number of nitrogens with one attached hydrogen (secondary N) is 1. The molecule has 1 amide bonds. The van der Waals surface area contributed by atoms with E-state index in [1.165, 1.54) is 17.8 Å². The third kappa shape index (κ3) is 5.60. The first-order chi connectivity index (χ1) is 12.2. The van der Waals surface area contributed by atoms with Crippen LogP contribution in [0, 0.1) is 5.82 Å². The second kappa shape index (κ2) is 9.83. The number of hydrogen-bond donors (Lipinski definition) is 1. The highest BCUT2D eigenvalue weighted by atomic mass is 32.2. The lowest BCUT2D eigenvalue weighted by Crippen LogP contribution is -2.25. The Hall–Kier alpha value is -2.35. The van der Waals surface area contributed by atoms with E-state index in [2.05, 4.69) is 22.1 Å². The van der Waals surface area contributed by atoms with Crippen LogP contribution in [0.25, 0.3) is 0 Å². The second-order valence-electron chi connectivity index (χ2n) is 5.16. The van der Waals surface area contributed by atoms with Gasteiger partial charge in [-0.1, -0.05) is 36.9 Å². The Balaban J connectivity index is 2.01. The summed E-state index contributed by atoms with van der Waals surface area (Å²) >= 11 is 1.29. The van der Waals surface area contributed by atoms with Crippen LogP contribution < -0.4 is 10.1 Å². The van der Waals surface area contributed by atoms with Gasteiger partial charge in [0.05, 0.1) is 5.75 Å². The van der Waals surface area contributed by atoms with Crippen molar-refractivity contribution in [3.8, 4) is 5.75 Å². The standard InChI is InChI=1S/C17H21FN4O2S/c1-3-9-19-16(23)12-25-17-21-20-15(22(17)10-4-2)11-24-14-8-6-5-7-13(14)18/h4-8H,2-3,9-12H2,1H3,(H,19,23). The van der Waals surface area contributed by atoms with Gasteiger partial charge in [-0.15, -0.1) is 16.8 Å². The van der Waals surface area contributed by atoms with Gasteiger partial charge in [-0.25, -0.2) is 4.39 Å². The number of rotatable bonds is 10. The normalized spacial score (nSPS) is 10.5. The maximum Gasteiger partial charge on any atom is 0.230 e. The van der Waals surface area contributed by atoms with Crippen LogP contribution in [0.1, 0.15) is 19.2 Å². The van der Waals surface area contributed by atoms with E-state index in [0.29, 0.717) is 24.1 Å². The number of thioether (sulfide) groups is 1. The smallest absolute Gasteiger partial charge is 0.230 e. The number of aromatic nitrogens is 3. The summed E-state index contributed by atoms with van der Waals surface area (Å²) in [6.45, 7) is 6.92. The highest BCUT2D eigenvalue weighted by Crippen LogP contribution is 2.20. The molecule has 8 heteroatoms. The van der Waals surface area contributed by atoms with Crippen molar-refractivity contribution in [3.63, 3.8) is 0 Å². The number of nitrogens with zero attached hydrogens (tertiary/aromatic N) is 3. The maximum atomic E-state index is 13.6. The van der Waals surface area contributed by atoms with Gasteiger partial charge in [0.15, 0.2) is 22.5 Å². The van der Waals surface area contributed by atoms with E-state index < -0.39 is 5.82 Å². The molecule has 0 aliphatic heterocycles. The second-order valence-corrected chi connectivity index (χ2v) is 6.10. The number of para-hydroxylation sites is 1. The van der Waals surface area contributed by atoms with Crippen molar-refractivity contribution >= 4 is 17.7 Å². The number of carbonyl (C=O) groups is 1. The summed E-state index contributed by atoms with van der Waals surface area (Å²) in [5.74, 6) is 0.468. The van der Waals surface area contributed by atoms with Crippen molar-refractivity contribution in [2.45, 2.75) is 31.7 Å². The van der Waals surface area contributed by atoms with Gasteiger partial charge in [0, 0.05) is 13.1 Å². The zero-order valence-corrected chi connectivity index (χ0v) is 14.9. The number of allylic oxidation sites excluding steroid dienone is 1. The number of hydrogen-bond acceptors (Lipinski definition) is 5. The Labute approximate surface area is 150 Å². The molecule has 0 atom stereocenters. The van der Waals surface area contributed by atoms with Crippen molar-refractivity contribution in [1.82, 2.24) is 20.1 Å².